The number of carbonyl (C=O) groups excluding carboxylic acids is 1. The highest BCUT2D eigenvalue weighted by molar-refractivity contribution is 7.53. The van der Waals surface area contributed by atoms with Gasteiger partial charge < -0.3 is 13.8 Å². The maximum Gasteiger partial charge on any atom is 0.331 e. The summed E-state index contributed by atoms with van der Waals surface area (Å²) in [7, 11) is -3.29. The quantitative estimate of drug-likeness (QED) is 0.484. The Morgan fingerprint density at radius 1 is 1.05 bits per heavy atom. The van der Waals surface area contributed by atoms with Gasteiger partial charge in [-0.25, -0.2) is 0 Å². The minimum Gasteiger partial charge on any atom is -0.466 e. The van der Waals surface area contributed by atoms with Crippen molar-refractivity contribution in [3.63, 3.8) is 0 Å². The van der Waals surface area contributed by atoms with Crippen molar-refractivity contribution in [3.8, 4) is 0 Å². The third kappa shape index (κ3) is 6.30. The molecule has 0 aliphatic heterocycles. The van der Waals surface area contributed by atoms with Crippen molar-refractivity contribution in [2.24, 2.45) is 5.92 Å². The number of carbonyl (C=O) groups is 1. The van der Waals surface area contributed by atoms with E-state index in [4.69, 9.17) is 13.8 Å². The fourth-order valence-electron chi connectivity index (χ4n) is 2.19. The van der Waals surface area contributed by atoms with E-state index >= 15 is 0 Å². The van der Waals surface area contributed by atoms with Gasteiger partial charge >= 0.3 is 13.6 Å². The van der Waals surface area contributed by atoms with Crippen LogP contribution >= 0.6 is 7.60 Å². The monoisotopic (exact) mass is 328 g/mol. The highest BCUT2D eigenvalue weighted by Crippen LogP contribution is 2.50. The highest BCUT2D eigenvalue weighted by Gasteiger charge is 2.33. The van der Waals surface area contributed by atoms with Crippen LogP contribution in [0.3, 0.4) is 0 Å². The van der Waals surface area contributed by atoms with Gasteiger partial charge in [0.1, 0.15) is 0 Å². The zero-order valence-corrected chi connectivity index (χ0v) is 14.4. The van der Waals surface area contributed by atoms with Gasteiger partial charge in [-0.1, -0.05) is 30.3 Å². The van der Waals surface area contributed by atoms with E-state index in [-0.39, 0.29) is 32.0 Å². The van der Waals surface area contributed by atoms with E-state index in [9.17, 15) is 9.36 Å². The smallest absolute Gasteiger partial charge is 0.331 e. The lowest BCUT2D eigenvalue weighted by molar-refractivity contribution is -0.147. The Morgan fingerprint density at radius 3 is 2.14 bits per heavy atom. The standard InChI is InChI=1S/C16H25O5P/c1-4-19-16(17)15(12-14-10-8-7-9-11-14)13-22(18,20-5-2)21-6-3/h7-11,15H,4-6,12-13H2,1-3H3/t15-/m0/s1. The molecule has 0 amide bonds. The Labute approximate surface area is 132 Å². The summed E-state index contributed by atoms with van der Waals surface area (Å²) in [6.45, 7) is 6.10. The first-order valence-electron chi connectivity index (χ1n) is 7.63. The third-order valence-electron chi connectivity index (χ3n) is 3.04. The summed E-state index contributed by atoms with van der Waals surface area (Å²) in [5, 5.41) is 0. The molecule has 0 unspecified atom stereocenters. The first-order valence-corrected chi connectivity index (χ1v) is 9.36. The molecule has 0 heterocycles. The second kappa shape index (κ2) is 9.78. The molecular formula is C16H25O5P. The molecule has 1 atom stereocenters. The number of hydrogen-bond acceptors (Lipinski definition) is 5. The fraction of sp³-hybridized carbons (Fsp3) is 0.562. The molecule has 0 fully saturated rings. The summed E-state index contributed by atoms with van der Waals surface area (Å²) in [6.07, 6.45) is 0.478. The molecule has 0 bridgehead atoms. The van der Waals surface area contributed by atoms with Crippen molar-refractivity contribution < 1.29 is 23.1 Å². The van der Waals surface area contributed by atoms with Crippen molar-refractivity contribution in [3.05, 3.63) is 35.9 Å². The number of rotatable bonds is 10. The second-order valence-corrected chi connectivity index (χ2v) is 6.87. The molecule has 22 heavy (non-hydrogen) atoms. The van der Waals surface area contributed by atoms with Crippen LogP contribution in [-0.4, -0.2) is 32.0 Å². The van der Waals surface area contributed by atoms with Crippen molar-refractivity contribution >= 4 is 13.6 Å². The van der Waals surface area contributed by atoms with E-state index in [1.165, 1.54) is 0 Å². The molecule has 0 radical (unpaired) electrons. The van der Waals surface area contributed by atoms with E-state index in [2.05, 4.69) is 0 Å². The summed E-state index contributed by atoms with van der Waals surface area (Å²) in [5.74, 6) is -0.919. The normalized spacial score (nSPS) is 12.9. The van der Waals surface area contributed by atoms with Gasteiger partial charge in [-0.2, -0.15) is 0 Å². The number of esters is 1. The summed E-state index contributed by atoms with van der Waals surface area (Å²) in [5.41, 5.74) is 0.986. The van der Waals surface area contributed by atoms with Crippen LogP contribution in [0, 0.1) is 5.92 Å². The Kier molecular flexibility index (Phi) is 8.39. The topological polar surface area (TPSA) is 61.8 Å². The second-order valence-electron chi connectivity index (χ2n) is 4.77. The molecule has 1 aromatic rings. The zero-order chi connectivity index (χ0) is 16.4. The molecule has 0 saturated carbocycles. The van der Waals surface area contributed by atoms with Crippen molar-refractivity contribution in [2.75, 3.05) is 26.0 Å². The molecule has 0 spiro atoms. The van der Waals surface area contributed by atoms with Gasteiger partial charge in [-0.15, -0.1) is 0 Å². The van der Waals surface area contributed by atoms with Crippen LogP contribution in [0.1, 0.15) is 26.3 Å². The average molecular weight is 328 g/mol. The number of hydrogen-bond donors (Lipinski definition) is 0. The van der Waals surface area contributed by atoms with Gasteiger partial charge in [0.2, 0.25) is 0 Å². The molecule has 6 heteroatoms. The Bertz CT molecular complexity index is 479. The summed E-state index contributed by atoms with van der Waals surface area (Å²) in [6, 6.07) is 9.58. The summed E-state index contributed by atoms with van der Waals surface area (Å²) in [4.78, 5) is 12.2. The first-order chi connectivity index (χ1) is 10.5. The lowest BCUT2D eigenvalue weighted by Gasteiger charge is -2.22. The van der Waals surface area contributed by atoms with Crippen LogP contribution in [-0.2, 0) is 29.6 Å². The minimum atomic E-state index is -3.29. The molecule has 0 saturated heterocycles. The van der Waals surface area contributed by atoms with Crippen molar-refractivity contribution in [2.45, 2.75) is 27.2 Å². The molecule has 0 aliphatic rings. The third-order valence-corrected chi connectivity index (χ3v) is 5.23. The molecule has 1 aromatic carbocycles. The number of ether oxygens (including phenoxy) is 1. The molecule has 5 nitrogen and oxygen atoms in total. The maximum absolute atomic E-state index is 12.7. The fourth-order valence-corrected chi connectivity index (χ4v) is 4.08. The van der Waals surface area contributed by atoms with Gasteiger partial charge in [0.05, 0.1) is 31.9 Å². The van der Waals surface area contributed by atoms with Crippen LogP contribution in [0.4, 0.5) is 0 Å². The van der Waals surface area contributed by atoms with Gasteiger partial charge in [0, 0.05) is 0 Å². The van der Waals surface area contributed by atoms with Crippen LogP contribution in [0.25, 0.3) is 0 Å². The largest absolute Gasteiger partial charge is 0.466 e. The molecule has 0 N–H and O–H groups in total. The van der Waals surface area contributed by atoms with Crippen LogP contribution in [0.2, 0.25) is 0 Å². The maximum atomic E-state index is 12.7. The van der Waals surface area contributed by atoms with E-state index in [1.54, 1.807) is 20.8 Å². The van der Waals surface area contributed by atoms with E-state index in [1.807, 2.05) is 30.3 Å². The summed E-state index contributed by atoms with van der Waals surface area (Å²) >= 11 is 0. The predicted molar refractivity (Wildman–Crippen MR) is 86.0 cm³/mol. The van der Waals surface area contributed by atoms with E-state index in [0.717, 1.165) is 5.56 Å². The number of benzene rings is 1. The van der Waals surface area contributed by atoms with Crippen LogP contribution < -0.4 is 0 Å². The Morgan fingerprint density at radius 2 is 1.64 bits per heavy atom. The van der Waals surface area contributed by atoms with E-state index in [0.29, 0.717) is 6.42 Å². The van der Waals surface area contributed by atoms with Gasteiger partial charge in [-0.3, -0.25) is 9.36 Å². The summed E-state index contributed by atoms with van der Waals surface area (Å²) < 4.78 is 28.4. The van der Waals surface area contributed by atoms with Crippen LogP contribution in [0.5, 0.6) is 0 Å². The van der Waals surface area contributed by atoms with E-state index < -0.39 is 13.5 Å². The van der Waals surface area contributed by atoms with Crippen molar-refractivity contribution in [1.82, 2.24) is 0 Å². The molecule has 0 aliphatic carbocycles. The first kappa shape index (κ1) is 18.9. The van der Waals surface area contributed by atoms with Gasteiger partial charge in [0.25, 0.3) is 0 Å². The van der Waals surface area contributed by atoms with Gasteiger partial charge in [0.15, 0.2) is 0 Å². The zero-order valence-electron chi connectivity index (χ0n) is 13.5. The molecule has 0 aromatic heterocycles. The van der Waals surface area contributed by atoms with Crippen LogP contribution in [0.15, 0.2) is 30.3 Å². The lowest BCUT2D eigenvalue weighted by Crippen LogP contribution is -2.24. The lowest BCUT2D eigenvalue weighted by atomic mass is 10.0. The SMILES string of the molecule is CCOC(=O)[C@@H](Cc1ccccc1)CP(=O)(OCC)OCC. The molecular weight excluding hydrogens is 303 g/mol. The Balaban J connectivity index is 2.89. The molecule has 124 valence electrons. The minimum absolute atomic E-state index is 0.0302. The van der Waals surface area contributed by atoms with Gasteiger partial charge in [-0.05, 0) is 32.8 Å². The molecule has 1 rings (SSSR count). The predicted octanol–water partition coefficient (Wildman–Crippen LogP) is 3.67. The highest BCUT2D eigenvalue weighted by atomic mass is 31.2. The van der Waals surface area contributed by atoms with Crippen molar-refractivity contribution in [1.29, 1.82) is 0 Å². The Hall–Kier alpha value is -1.16. The average Bonchev–Trinajstić information content (AvgIpc) is 2.48.